The van der Waals surface area contributed by atoms with Crippen LogP contribution in [0.1, 0.15) is 11.1 Å². The van der Waals surface area contributed by atoms with Crippen molar-refractivity contribution in [3.8, 4) is 5.75 Å². The molecule has 0 aliphatic carbocycles. The molecule has 0 saturated heterocycles. The van der Waals surface area contributed by atoms with E-state index in [0.717, 1.165) is 29.1 Å². The summed E-state index contributed by atoms with van der Waals surface area (Å²) in [5.74, 6) is 0.878. The van der Waals surface area contributed by atoms with E-state index in [1.54, 1.807) is 12.1 Å². The minimum Gasteiger partial charge on any atom is -0.489 e. The third-order valence-electron chi connectivity index (χ3n) is 5.25. The Balaban J connectivity index is 0.00000306. The van der Waals surface area contributed by atoms with Gasteiger partial charge in [0.1, 0.15) is 12.4 Å². The predicted molar refractivity (Wildman–Crippen MR) is 135 cm³/mol. The number of benzene rings is 4. The number of nitro benzene ring substituents is 1. The van der Waals surface area contributed by atoms with Gasteiger partial charge < -0.3 is 15.4 Å². The molecule has 0 atom stereocenters. The highest BCUT2D eigenvalue weighted by Crippen LogP contribution is 2.28. The maximum Gasteiger partial charge on any atom is 0.269 e. The van der Waals surface area contributed by atoms with Crippen LogP contribution in [-0.2, 0) is 13.2 Å². The van der Waals surface area contributed by atoms with Crippen LogP contribution >= 0.6 is 12.4 Å². The van der Waals surface area contributed by atoms with Gasteiger partial charge in [-0.3, -0.25) is 10.1 Å². The second kappa shape index (κ2) is 11.9. The Morgan fingerprint density at radius 3 is 2.30 bits per heavy atom. The van der Waals surface area contributed by atoms with Gasteiger partial charge in [0.2, 0.25) is 0 Å². The normalized spacial score (nSPS) is 10.4. The highest BCUT2D eigenvalue weighted by Gasteiger charge is 2.09. The molecule has 0 spiro atoms. The number of hydrogen-bond acceptors (Lipinski definition) is 5. The Bertz CT molecular complexity index is 1180. The summed E-state index contributed by atoms with van der Waals surface area (Å²) in [5, 5.41) is 19.9. The molecule has 4 aromatic carbocycles. The second-order valence-electron chi connectivity index (χ2n) is 7.45. The van der Waals surface area contributed by atoms with Gasteiger partial charge in [0.05, 0.1) is 4.92 Å². The SMILES string of the molecule is Cl.O=[N+]([O-])c1ccc(NCCNCc2c(OCc3ccccc3)ccc3ccccc23)cc1. The summed E-state index contributed by atoms with van der Waals surface area (Å²) in [6.07, 6.45) is 0. The molecule has 7 heteroatoms. The van der Waals surface area contributed by atoms with Gasteiger partial charge in [0.15, 0.2) is 0 Å². The largest absolute Gasteiger partial charge is 0.489 e. The van der Waals surface area contributed by atoms with Crippen molar-refractivity contribution in [1.29, 1.82) is 0 Å². The second-order valence-corrected chi connectivity index (χ2v) is 7.45. The van der Waals surface area contributed by atoms with Crippen LogP contribution in [-0.4, -0.2) is 18.0 Å². The highest BCUT2D eigenvalue weighted by atomic mass is 35.5. The van der Waals surface area contributed by atoms with Crippen LogP contribution in [0.25, 0.3) is 10.8 Å². The van der Waals surface area contributed by atoms with E-state index in [1.165, 1.54) is 22.9 Å². The third kappa shape index (κ3) is 6.44. The lowest BCUT2D eigenvalue weighted by Gasteiger charge is -2.15. The molecule has 6 nitrogen and oxygen atoms in total. The topological polar surface area (TPSA) is 76.4 Å². The van der Waals surface area contributed by atoms with Gasteiger partial charge in [0, 0.05) is 43.0 Å². The van der Waals surface area contributed by atoms with E-state index in [1.807, 2.05) is 36.4 Å². The molecule has 4 aromatic rings. The maximum atomic E-state index is 10.8. The first kappa shape index (κ1) is 24.0. The van der Waals surface area contributed by atoms with E-state index in [9.17, 15) is 10.1 Å². The summed E-state index contributed by atoms with van der Waals surface area (Å²) in [4.78, 5) is 10.4. The van der Waals surface area contributed by atoms with Gasteiger partial charge in [-0.1, -0.05) is 60.7 Å². The summed E-state index contributed by atoms with van der Waals surface area (Å²) in [6, 6.07) is 29.0. The monoisotopic (exact) mass is 463 g/mol. The number of hydrogen-bond donors (Lipinski definition) is 2. The number of fused-ring (bicyclic) bond motifs is 1. The van der Waals surface area contributed by atoms with E-state index in [2.05, 4.69) is 41.0 Å². The number of nitro groups is 1. The highest BCUT2D eigenvalue weighted by molar-refractivity contribution is 5.87. The Morgan fingerprint density at radius 1 is 0.818 bits per heavy atom. The summed E-state index contributed by atoms with van der Waals surface area (Å²) < 4.78 is 6.18. The number of ether oxygens (including phenoxy) is 1. The first-order chi connectivity index (χ1) is 15.7. The lowest BCUT2D eigenvalue weighted by atomic mass is 10.0. The molecule has 33 heavy (non-hydrogen) atoms. The first-order valence-electron chi connectivity index (χ1n) is 10.6. The number of anilines is 1. The number of rotatable bonds is 10. The smallest absolute Gasteiger partial charge is 0.269 e. The third-order valence-corrected chi connectivity index (χ3v) is 5.25. The Hall–Kier alpha value is -3.61. The minimum atomic E-state index is -0.396. The average molecular weight is 464 g/mol. The van der Waals surface area contributed by atoms with Crippen molar-refractivity contribution in [3.05, 3.63) is 112 Å². The number of non-ortho nitro benzene ring substituents is 1. The van der Waals surface area contributed by atoms with Gasteiger partial charge in [0.25, 0.3) is 5.69 Å². The summed E-state index contributed by atoms with van der Waals surface area (Å²) in [7, 11) is 0. The van der Waals surface area contributed by atoms with Crippen molar-refractivity contribution >= 4 is 34.6 Å². The fraction of sp³-hybridized carbons (Fsp3) is 0.154. The molecule has 0 bridgehead atoms. The van der Waals surface area contributed by atoms with Crippen molar-refractivity contribution in [2.45, 2.75) is 13.2 Å². The van der Waals surface area contributed by atoms with Crippen molar-refractivity contribution < 1.29 is 9.66 Å². The van der Waals surface area contributed by atoms with Crippen LogP contribution in [0, 0.1) is 10.1 Å². The molecule has 0 amide bonds. The zero-order chi connectivity index (χ0) is 22.2. The van der Waals surface area contributed by atoms with E-state index in [-0.39, 0.29) is 18.1 Å². The molecule has 0 heterocycles. The molecule has 0 aliphatic heterocycles. The lowest BCUT2D eigenvalue weighted by Crippen LogP contribution is -2.22. The van der Waals surface area contributed by atoms with Gasteiger partial charge in [-0.2, -0.15) is 0 Å². The zero-order valence-electron chi connectivity index (χ0n) is 18.1. The lowest BCUT2D eigenvalue weighted by molar-refractivity contribution is -0.384. The molecule has 0 fully saturated rings. The molecule has 0 aromatic heterocycles. The fourth-order valence-electron chi connectivity index (χ4n) is 3.58. The van der Waals surface area contributed by atoms with Crippen molar-refractivity contribution in [1.82, 2.24) is 5.32 Å². The standard InChI is InChI=1S/C26H25N3O3.ClH/c30-29(31)23-13-11-22(12-14-23)28-17-16-27-18-25-24-9-5-4-8-21(24)10-15-26(25)32-19-20-6-2-1-3-7-20;/h1-15,27-28H,16-19H2;1H. The number of nitrogens with zero attached hydrogens (tertiary/aromatic N) is 1. The molecule has 0 unspecified atom stereocenters. The van der Waals surface area contributed by atoms with Crippen LogP contribution in [0.4, 0.5) is 11.4 Å². The summed E-state index contributed by atoms with van der Waals surface area (Å²) >= 11 is 0. The van der Waals surface area contributed by atoms with Gasteiger partial charge >= 0.3 is 0 Å². The Kier molecular flexibility index (Phi) is 8.63. The van der Waals surface area contributed by atoms with Crippen LogP contribution < -0.4 is 15.4 Å². The van der Waals surface area contributed by atoms with Gasteiger partial charge in [-0.25, -0.2) is 0 Å². The van der Waals surface area contributed by atoms with Gasteiger partial charge in [-0.05, 0) is 34.5 Å². The summed E-state index contributed by atoms with van der Waals surface area (Å²) in [6.45, 7) is 2.63. The fourth-order valence-corrected chi connectivity index (χ4v) is 3.58. The molecule has 0 aliphatic rings. The molecule has 170 valence electrons. The Labute approximate surface area is 199 Å². The molecule has 2 N–H and O–H groups in total. The first-order valence-corrected chi connectivity index (χ1v) is 10.6. The molecular formula is C26H26ClN3O3. The minimum absolute atomic E-state index is 0. The van der Waals surface area contributed by atoms with Gasteiger partial charge in [-0.15, -0.1) is 12.4 Å². The van der Waals surface area contributed by atoms with E-state index in [4.69, 9.17) is 4.74 Å². The van der Waals surface area contributed by atoms with Crippen molar-refractivity contribution in [3.63, 3.8) is 0 Å². The Morgan fingerprint density at radius 2 is 1.55 bits per heavy atom. The van der Waals surface area contributed by atoms with Crippen LogP contribution in [0.5, 0.6) is 5.75 Å². The quantitative estimate of drug-likeness (QED) is 0.172. The number of nitrogens with one attached hydrogen (secondary N) is 2. The van der Waals surface area contributed by atoms with E-state index in [0.29, 0.717) is 19.7 Å². The molecule has 0 saturated carbocycles. The molecular weight excluding hydrogens is 438 g/mol. The molecule has 4 rings (SSSR count). The van der Waals surface area contributed by atoms with Crippen LogP contribution in [0.3, 0.4) is 0 Å². The maximum absolute atomic E-state index is 10.8. The van der Waals surface area contributed by atoms with Crippen molar-refractivity contribution in [2.75, 3.05) is 18.4 Å². The van der Waals surface area contributed by atoms with Crippen LogP contribution in [0.15, 0.2) is 91.0 Å². The van der Waals surface area contributed by atoms with Crippen molar-refractivity contribution in [2.24, 2.45) is 0 Å². The van der Waals surface area contributed by atoms with Crippen LogP contribution in [0.2, 0.25) is 0 Å². The summed E-state index contributed by atoms with van der Waals surface area (Å²) in [5.41, 5.74) is 3.21. The van der Waals surface area contributed by atoms with E-state index >= 15 is 0 Å². The predicted octanol–water partition coefficient (Wildman–Crippen LogP) is 5.95. The molecule has 0 radical (unpaired) electrons. The van der Waals surface area contributed by atoms with E-state index < -0.39 is 4.92 Å². The average Bonchev–Trinajstić information content (AvgIpc) is 2.84. The zero-order valence-corrected chi connectivity index (χ0v) is 18.9. The number of halogens is 1.